The first kappa shape index (κ1) is 14.5. The molecule has 0 radical (unpaired) electrons. The lowest BCUT2D eigenvalue weighted by Crippen LogP contribution is -2.35. The van der Waals surface area contributed by atoms with E-state index in [1.807, 2.05) is 0 Å². The Hall–Kier alpha value is -2.48. The van der Waals surface area contributed by atoms with E-state index >= 15 is 0 Å². The molecule has 0 aliphatic carbocycles. The zero-order valence-corrected chi connectivity index (χ0v) is 12.7. The average Bonchev–Trinajstić information content (AvgIpc) is 2.96. The highest BCUT2D eigenvalue weighted by Crippen LogP contribution is 2.28. The summed E-state index contributed by atoms with van der Waals surface area (Å²) < 4.78 is 4.55. The molecule has 8 heteroatoms. The quantitative estimate of drug-likeness (QED) is 0.914. The van der Waals surface area contributed by atoms with E-state index in [2.05, 4.69) is 20.0 Å². The number of fused-ring (bicyclic) bond motifs is 1. The summed E-state index contributed by atoms with van der Waals surface area (Å²) in [5, 5.41) is 3.04. The molecular formula is C14H14N4O3S. The van der Waals surface area contributed by atoms with Crippen LogP contribution in [-0.4, -0.2) is 40.5 Å². The van der Waals surface area contributed by atoms with Crippen LogP contribution in [0.25, 0.3) is 0 Å². The van der Waals surface area contributed by atoms with Crippen LogP contribution >= 0.6 is 11.3 Å². The van der Waals surface area contributed by atoms with Gasteiger partial charge in [-0.3, -0.25) is 15.1 Å². The topological polar surface area (TPSA) is 84.4 Å². The van der Waals surface area contributed by atoms with Crippen molar-refractivity contribution in [3.63, 3.8) is 0 Å². The van der Waals surface area contributed by atoms with Gasteiger partial charge in [-0.2, -0.15) is 0 Å². The molecular weight excluding hydrogens is 304 g/mol. The van der Waals surface area contributed by atoms with Crippen molar-refractivity contribution in [1.29, 1.82) is 0 Å². The molecule has 0 bridgehead atoms. The highest BCUT2D eigenvalue weighted by atomic mass is 32.1. The summed E-state index contributed by atoms with van der Waals surface area (Å²) >= 11 is 1.36. The number of aromatic nitrogens is 2. The summed E-state index contributed by atoms with van der Waals surface area (Å²) in [4.78, 5) is 34.8. The van der Waals surface area contributed by atoms with Crippen LogP contribution in [0.2, 0.25) is 0 Å². The minimum atomic E-state index is -0.549. The van der Waals surface area contributed by atoms with Crippen LogP contribution in [0.5, 0.6) is 0 Å². The van der Waals surface area contributed by atoms with Crippen molar-refractivity contribution in [3.8, 4) is 0 Å². The Labute approximate surface area is 130 Å². The van der Waals surface area contributed by atoms with E-state index in [-0.39, 0.29) is 5.91 Å². The normalized spacial score (nSPS) is 13.4. The van der Waals surface area contributed by atoms with E-state index in [1.165, 1.54) is 18.4 Å². The molecule has 22 heavy (non-hydrogen) atoms. The van der Waals surface area contributed by atoms with Crippen LogP contribution in [0.15, 0.2) is 24.4 Å². The van der Waals surface area contributed by atoms with Gasteiger partial charge in [-0.15, -0.1) is 0 Å². The number of pyridine rings is 1. The Bertz CT molecular complexity index is 701. The molecule has 3 rings (SSSR count). The van der Waals surface area contributed by atoms with Crippen molar-refractivity contribution in [3.05, 3.63) is 40.7 Å². The number of methoxy groups -OCH3 is 1. The maximum absolute atomic E-state index is 12.4. The van der Waals surface area contributed by atoms with Crippen molar-refractivity contribution in [2.24, 2.45) is 0 Å². The van der Waals surface area contributed by atoms with E-state index in [4.69, 9.17) is 0 Å². The summed E-state index contributed by atoms with van der Waals surface area (Å²) in [7, 11) is 1.30. The number of nitrogens with one attached hydrogen (secondary N) is 1. The third-order valence-electron chi connectivity index (χ3n) is 3.30. The molecule has 7 nitrogen and oxygen atoms in total. The lowest BCUT2D eigenvalue weighted by atomic mass is 10.1. The highest BCUT2D eigenvalue weighted by molar-refractivity contribution is 7.15. The molecule has 1 aliphatic rings. The molecule has 2 amide bonds. The minimum absolute atomic E-state index is 0.0953. The van der Waals surface area contributed by atoms with Gasteiger partial charge in [-0.25, -0.2) is 9.78 Å². The van der Waals surface area contributed by atoms with Gasteiger partial charge >= 0.3 is 6.09 Å². The predicted molar refractivity (Wildman–Crippen MR) is 80.8 cm³/mol. The minimum Gasteiger partial charge on any atom is -0.453 e. The first-order chi connectivity index (χ1) is 10.7. The lowest BCUT2D eigenvalue weighted by molar-refractivity contribution is 0.0730. The number of thiazole rings is 1. The van der Waals surface area contributed by atoms with Crippen LogP contribution in [0, 0.1) is 0 Å². The molecule has 0 saturated carbocycles. The number of hydrogen-bond acceptors (Lipinski definition) is 6. The van der Waals surface area contributed by atoms with E-state index < -0.39 is 6.09 Å². The largest absolute Gasteiger partial charge is 0.453 e. The fourth-order valence-electron chi connectivity index (χ4n) is 2.21. The number of carbonyl (C=O) groups excluding carboxylic acids is 2. The van der Waals surface area contributed by atoms with Gasteiger partial charge in [0.25, 0.3) is 5.91 Å². The number of rotatable bonds is 2. The van der Waals surface area contributed by atoms with Crippen molar-refractivity contribution < 1.29 is 14.3 Å². The Kier molecular flexibility index (Phi) is 4.01. The second-order valence-electron chi connectivity index (χ2n) is 4.70. The van der Waals surface area contributed by atoms with Crippen LogP contribution in [0.4, 0.5) is 9.93 Å². The molecule has 1 N–H and O–H groups in total. The molecule has 2 aromatic rings. The van der Waals surface area contributed by atoms with Crippen LogP contribution in [-0.2, 0) is 17.7 Å². The van der Waals surface area contributed by atoms with Crippen molar-refractivity contribution >= 4 is 28.5 Å². The summed E-state index contributed by atoms with van der Waals surface area (Å²) in [6.45, 7) is 1.06. The molecule has 2 aromatic heterocycles. The standard InChI is InChI=1S/C14H14N4O3S/c1-21-14(20)17-13-16-9-5-7-18(8-11(9)22-13)12(19)10-4-2-3-6-15-10/h2-4,6H,5,7-8H2,1H3,(H,16,17,20). The fraction of sp³-hybridized carbons (Fsp3) is 0.286. The Morgan fingerprint density at radius 1 is 1.41 bits per heavy atom. The van der Waals surface area contributed by atoms with Crippen molar-refractivity contribution in [1.82, 2.24) is 14.9 Å². The van der Waals surface area contributed by atoms with Crippen LogP contribution in [0.3, 0.4) is 0 Å². The summed E-state index contributed by atoms with van der Waals surface area (Å²) in [5.41, 5.74) is 1.35. The number of hydrogen-bond donors (Lipinski definition) is 1. The maximum atomic E-state index is 12.4. The van der Waals surface area contributed by atoms with Crippen LogP contribution in [0.1, 0.15) is 21.1 Å². The molecule has 114 valence electrons. The number of anilines is 1. The van der Waals surface area contributed by atoms with E-state index in [0.29, 0.717) is 30.3 Å². The van der Waals surface area contributed by atoms with Gasteiger partial charge in [0.15, 0.2) is 5.13 Å². The third-order valence-corrected chi connectivity index (χ3v) is 4.29. The van der Waals surface area contributed by atoms with Gasteiger partial charge < -0.3 is 9.64 Å². The van der Waals surface area contributed by atoms with E-state index in [0.717, 1.165) is 10.6 Å². The monoisotopic (exact) mass is 318 g/mol. The molecule has 0 aromatic carbocycles. The molecule has 1 aliphatic heterocycles. The van der Waals surface area contributed by atoms with Gasteiger partial charge in [-0.05, 0) is 12.1 Å². The summed E-state index contributed by atoms with van der Waals surface area (Å²) in [5.74, 6) is -0.0953. The molecule has 0 spiro atoms. The van der Waals surface area contributed by atoms with E-state index in [1.54, 1.807) is 29.3 Å². The number of ether oxygens (including phenoxy) is 1. The van der Waals surface area contributed by atoms with Crippen LogP contribution < -0.4 is 5.32 Å². The number of amides is 2. The SMILES string of the molecule is COC(=O)Nc1nc2c(s1)CN(C(=O)c1ccccn1)CC2. The van der Waals surface area contributed by atoms with Gasteiger partial charge in [0.05, 0.1) is 19.3 Å². The molecule has 0 unspecified atom stereocenters. The molecule has 0 fully saturated rings. The first-order valence-electron chi connectivity index (χ1n) is 6.71. The molecule has 3 heterocycles. The number of carbonyl (C=O) groups is 2. The second-order valence-corrected chi connectivity index (χ2v) is 5.78. The molecule has 0 saturated heterocycles. The zero-order chi connectivity index (χ0) is 15.5. The predicted octanol–water partition coefficient (Wildman–Crippen LogP) is 1.91. The van der Waals surface area contributed by atoms with Gasteiger partial charge in [0, 0.05) is 24.0 Å². The zero-order valence-electron chi connectivity index (χ0n) is 11.9. The van der Waals surface area contributed by atoms with Gasteiger partial charge in [0.2, 0.25) is 0 Å². The van der Waals surface area contributed by atoms with Gasteiger partial charge in [-0.1, -0.05) is 17.4 Å². The summed E-state index contributed by atoms with van der Waals surface area (Å²) in [6, 6.07) is 5.27. The Balaban J connectivity index is 1.74. The highest BCUT2D eigenvalue weighted by Gasteiger charge is 2.25. The average molecular weight is 318 g/mol. The third kappa shape index (κ3) is 2.91. The first-order valence-corrected chi connectivity index (χ1v) is 7.53. The second kappa shape index (κ2) is 6.10. The Morgan fingerprint density at radius 3 is 3.00 bits per heavy atom. The smallest absolute Gasteiger partial charge is 0.413 e. The van der Waals surface area contributed by atoms with Crippen molar-refractivity contribution in [2.45, 2.75) is 13.0 Å². The van der Waals surface area contributed by atoms with Gasteiger partial charge in [0.1, 0.15) is 5.69 Å². The lowest BCUT2D eigenvalue weighted by Gasteiger charge is -2.25. The Morgan fingerprint density at radius 2 is 2.27 bits per heavy atom. The summed E-state index contributed by atoms with van der Waals surface area (Å²) in [6.07, 6.45) is 1.72. The van der Waals surface area contributed by atoms with Crippen molar-refractivity contribution in [2.75, 3.05) is 19.0 Å². The van der Waals surface area contributed by atoms with E-state index in [9.17, 15) is 9.59 Å². The maximum Gasteiger partial charge on any atom is 0.413 e. The number of nitrogens with zero attached hydrogens (tertiary/aromatic N) is 3. The molecule has 0 atom stereocenters. The fourth-order valence-corrected chi connectivity index (χ4v) is 3.22.